The lowest BCUT2D eigenvalue weighted by Crippen LogP contribution is -1.92. The van der Waals surface area contributed by atoms with Crippen LogP contribution in [0.4, 0.5) is 0 Å². The van der Waals surface area contributed by atoms with Crippen molar-refractivity contribution in [3.05, 3.63) is 170 Å². The summed E-state index contributed by atoms with van der Waals surface area (Å²) < 4.78 is 0. The van der Waals surface area contributed by atoms with Crippen LogP contribution in [-0.2, 0) is 0 Å². The molecule has 0 aliphatic carbocycles. The van der Waals surface area contributed by atoms with Crippen molar-refractivity contribution in [3.63, 3.8) is 0 Å². The normalized spacial score (nSPS) is 11.6. The standard InChI is InChI=1S/C44H28/c1-2-13-31-27-32(24-23-29(31)11-1)33-25-26-36-34(28-33)15-10-22-38(36)44-41-19-7-5-17-39(41)43(40-18-6-8-20-42(40)44)37-21-9-14-30-12-3-4-16-35(30)37/h1-28H. The summed E-state index contributed by atoms with van der Waals surface area (Å²) in [6.07, 6.45) is 0. The van der Waals surface area contributed by atoms with E-state index in [0.717, 1.165) is 0 Å². The number of fused-ring (bicyclic) bond motifs is 5. The third kappa shape index (κ3) is 3.85. The molecule has 0 spiro atoms. The minimum absolute atomic E-state index is 1.24. The number of benzene rings is 9. The summed E-state index contributed by atoms with van der Waals surface area (Å²) in [5.41, 5.74) is 7.62. The second-order valence-electron chi connectivity index (χ2n) is 11.7. The van der Waals surface area contributed by atoms with Crippen LogP contribution in [0.5, 0.6) is 0 Å². The van der Waals surface area contributed by atoms with Crippen molar-refractivity contribution in [2.45, 2.75) is 0 Å². The molecule has 0 unspecified atom stereocenters. The molecule has 44 heavy (non-hydrogen) atoms. The Morgan fingerprint density at radius 1 is 0.227 bits per heavy atom. The zero-order valence-corrected chi connectivity index (χ0v) is 24.2. The van der Waals surface area contributed by atoms with Crippen LogP contribution in [0.15, 0.2) is 170 Å². The molecule has 0 amide bonds. The van der Waals surface area contributed by atoms with Crippen LogP contribution in [0.3, 0.4) is 0 Å². The minimum Gasteiger partial charge on any atom is -0.0616 e. The minimum atomic E-state index is 1.24. The summed E-state index contributed by atoms with van der Waals surface area (Å²) in [5.74, 6) is 0. The lowest BCUT2D eigenvalue weighted by molar-refractivity contribution is 1.66. The van der Waals surface area contributed by atoms with Gasteiger partial charge in [0, 0.05) is 0 Å². The van der Waals surface area contributed by atoms with Gasteiger partial charge in [-0.1, -0.05) is 158 Å². The Kier molecular flexibility index (Phi) is 5.61. The average molecular weight is 557 g/mol. The Bertz CT molecular complexity index is 2490. The van der Waals surface area contributed by atoms with Gasteiger partial charge in [0.2, 0.25) is 0 Å². The molecule has 0 saturated carbocycles. The maximum absolute atomic E-state index is 2.35. The van der Waals surface area contributed by atoms with Crippen LogP contribution >= 0.6 is 0 Å². The molecule has 0 aliphatic rings. The smallest absolute Gasteiger partial charge is 0.00201 e. The molecule has 0 aromatic heterocycles. The Labute approximate surface area is 256 Å². The SMILES string of the molecule is c1ccc2cc(-c3ccc4c(-c5c6ccccc6c(-c6cccc7ccccc67)c6ccccc56)cccc4c3)ccc2c1. The van der Waals surface area contributed by atoms with Crippen LogP contribution < -0.4 is 0 Å². The zero-order chi connectivity index (χ0) is 29.0. The van der Waals surface area contributed by atoms with Crippen molar-refractivity contribution in [2.24, 2.45) is 0 Å². The van der Waals surface area contributed by atoms with Crippen molar-refractivity contribution in [3.8, 4) is 33.4 Å². The predicted molar refractivity (Wildman–Crippen MR) is 190 cm³/mol. The second kappa shape index (κ2) is 9.93. The van der Waals surface area contributed by atoms with E-state index in [1.165, 1.54) is 87.2 Å². The summed E-state index contributed by atoms with van der Waals surface area (Å²) >= 11 is 0. The van der Waals surface area contributed by atoms with Gasteiger partial charge in [0.05, 0.1) is 0 Å². The molecule has 0 heterocycles. The molecule has 0 N–H and O–H groups in total. The van der Waals surface area contributed by atoms with Gasteiger partial charge in [-0.05, 0) is 99.4 Å². The van der Waals surface area contributed by atoms with E-state index in [0.29, 0.717) is 0 Å². The van der Waals surface area contributed by atoms with Crippen molar-refractivity contribution < 1.29 is 0 Å². The highest BCUT2D eigenvalue weighted by Gasteiger charge is 2.19. The van der Waals surface area contributed by atoms with Gasteiger partial charge in [-0.25, -0.2) is 0 Å². The largest absolute Gasteiger partial charge is 0.0616 e. The lowest BCUT2D eigenvalue weighted by Gasteiger charge is -2.20. The molecule has 9 aromatic rings. The topological polar surface area (TPSA) is 0 Å². The van der Waals surface area contributed by atoms with E-state index in [2.05, 4.69) is 170 Å². The quantitative estimate of drug-likeness (QED) is 0.190. The van der Waals surface area contributed by atoms with Gasteiger partial charge >= 0.3 is 0 Å². The van der Waals surface area contributed by atoms with Gasteiger partial charge in [-0.2, -0.15) is 0 Å². The summed E-state index contributed by atoms with van der Waals surface area (Å²) in [6, 6.07) is 62.3. The fourth-order valence-corrected chi connectivity index (χ4v) is 7.20. The van der Waals surface area contributed by atoms with Crippen LogP contribution in [0.2, 0.25) is 0 Å². The Hall–Kier alpha value is -5.72. The average Bonchev–Trinajstić information content (AvgIpc) is 3.10. The first-order valence-electron chi connectivity index (χ1n) is 15.3. The number of rotatable bonds is 3. The molecule has 0 atom stereocenters. The molecule has 204 valence electrons. The van der Waals surface area contributed by atoms with E-state index in [9.17, 15) is 0 Å². The molecule has 0 aliphatic heterocycles. The highest BCUT2D eigenvalue weighted by atomic mass is 14.2. The summed E-state index contributed by atoms with van der Waals surface area (Å²) in [5, 5.41) is 12.7. The van der Waals surface area contributed by atoms with Crippen molar-refractivity contribution in [1.82, 2.24) is 0 Å². The van der Waals surface area contributed by atoms with E-state index in [4.69, 9.17) is 0 Å². The molecule has 0 saturated heterocycles. The van der Waals surface area contributed by atoms with Gasteiger partial charge in [0.1, 0.15) is 0 Å². The van der Waals surface area contributed by atoms with Gasteiger partial charge in [-0.15, -0.1) is 0 Å². The number of hydrogen-bond donors (Lipinski definition) is 0. The maximum Gasteiger partial charge on any atom is -0.00201 e. The molecule has 0 bridgehead atoms. The van der Waals surface area contributed by atoms with E-state index in [1.807, 2.05) is 0 Å². The Morgan fingerprint density at radius 2 is 0.636 bits per heavy atom. The Morgan fingerprint density at radius 3 is 1.25 bits per heavy atom. The summed E-state index contributed by atoms with van der Waals surface area (Å²) in [6.45, 7) is 0. The monoisotopic (exact) mass is 556 g/mol. The maximum atomic E-state index is 2.35. The highest BCUT2D eigenvalue weighted by molar-refractivity contribution is 6.25. The summed E-state index contributed by atoms with van der Waals surface area (Å²) in [4.78, 5) is 0. The van der Waals surface area contributed by atoms with E-state index in [-0.39, 0.29) is 0 Å². The molecule has 0 nitrogen and oxygen atoms in total. The predicted octanol–water partition coefficient (Wildman–Crippen LogP) is 12.5. The fourth-order valence-electron chi connectivity index (χ4n) is 7.20. The van der Waals surface area contributed by atoms with E-state index >= 15 is 0 Å². The third-order valence-electron chi connectivity index (χ3n) is 9.22. The Balaban J connectivity index is 1.31. The second-order valence-corrected chi connectivity index (χ2v) is 11.7. The van der Waals surface area contributed by atoms with E-state index in [1.54, 1.807) is 0 Å². The van der Waals surface area contributed by atoms with Crippen molar-refractivity contribution in [2.75, 3.05) is 0 Å². The van der Waals surface area contributed by atoms with E-state index < -0.39 is 0 Å². The molecular formula is C44H28. The van der Waals surface area contributed by atoms with Gasteiger partial charge in [-0.3, -0.25) is 0 Å². The van der Waals surface area contributed by atoms with Crippen LogP contribution in [0, 0.1) is 0 Å². The molecule has 0 fully saturated rings. The molecule has 0 radical (unpaired) electrons. The molecule has 9 aromatic carbocycles. The van der Waals surface area contributed by atoms with Crippen molar-refractivity contribution in [1.29, 1.82) is 0 Å². The molecule has 0 heteroatoms. The number of hydrogen-bond acceptors (Lipinski definition) is 0. The first-order chi connectivity index (χ1) is 21.8. The zero-order valence-electron chi connectivity index (χ0n) is 24.2. The molecular weight excluding hydrogens is 528 g/mol. The van der Waals surface area contributed by atoms with Crippen molar-refractivity contribution >= 4 is 53.9 Å². The first kappa shape index (κ1) is 24.8. The highest BCUT2D eigenvalue weighted by Crippen LogP contribution is 2.46. The fraction of sp³-hybridized carbons (Fsp3) is 0. The lowest BCUT2D eigenvalue weighted by atomic mass is 9.83. The molecule has 9 rings (SSSR count). The van der Waals surface area contributed by atoms with Gasteiger partial charge in [0.15, 0.2) is 0 Å². The first-order valence-corrected chi connectivity index (χ1v) is 15.3. The summed E-state index contributed by atoms with van der Waals surface area (Å²) in [7, 11) is 0. The van der Waals surface area contributed by atoms with Gasteiger partial charge in [0.25, 0.3) is 0 Å². The third-order valence-corrected chi connectivity index (χ3v) is 9.22. The van der Waals surface area contributed by atoms with Crippen LogP contribution in [0.1, 0.15) is 0 Å². The van der Waals surface area contributed by atoms with Crippen LogP contribution in [0.25, 0.3) is 87.2 Å². The van der Waals surface area contributed by atoms with Gasteiger partial charge < -0.3 is 0 Å². The van der Waals surface area contributed by atoms with Crippen LogP contribution in [-0.4, -0.2) is 0 Å².